The van der Waals surface area contributed by atoms with Gasteiger partial charge in [0.15, 0.2) is 0 Å². The second-order valence-corrected chi connectivity index (χ2v) is 13.3. The molecule has 7 aromatic rings. The van der Waals surface area contributed by atoms with E-state index in [1.54, 1.807) is 0 Å². The number of fused-ring (bicyclic) bond motifs is 1. The molecular formula is C47H39N5. The van der Waals surface area contributed by atoms with E-state index in [0.717, 1.165) is 28.2 Å². The topological polar surface area (TPSA) is 60.5 Å². The first-order chi connectivity index (χ1) is 25.8. The van der Waals surface area contributed by atoms with E-state index < -0.39 is 0 Å². The molecule has 0 aliphatic carbocycles. The Kier molecular flexibility index (Phi) is 8.63. The van der Waals surface area contributed by atoms with Crippen molar-refractivity contribution in [1.82, 2.24) is 21.3 Å². The molecule has 2 aliphatic rings. The van der Waals surface area contributed by atoms with Crippen molar-refractivity contribution in [2.45, 2.75) is 24.5 Å². The minimum atomic E-state index is -0.186. The fourth-order valence-electron chi connectivity index (χ4n) is 7.42. The van der Waals surface area contributed by atoms with Crippen LogP contribution in [0.1, 0.15) is 57.9 Å². The molecule has 5 nitrogen and oxygen atoms in total. The lowest BCUT2D eigenvalue weighted by Crippen LogP contribution is -2.45. The Morgan fingerprint density at radius 2 is 0.981 bits per heavy atom. The summed E-state index contributed by atoms with van der Waals surface area (Å²) < 4.78 is 0. The Morgan fingerprint density at radius 3 is 1.67 bits per heavy atom. The highest BCUT2D eigenvalue weighted by atomic mass is 15.3. The third-order valence-corrected chi connectivity index (χ3v) is 10.1. The van der Waals surface area contributed by atoms with Crippen LogP contribution in [0.5, 0.6) is 0 Å². The van der Waals surface area contributed by atoms with Crippen molar-refractivity contribution >= 4 is 22.3 Å². The normalized spacial score (nSPS) is 19.9. The summed E-state index contributed by atoms with van der Waals surface area (Å²) in [6, 6.07) is 64.4. The second kappa shape index (κ2) is 14.2. The monoisotopic (exact) mass is 673 g/mol. The molecule has 252 valence electrons. The van der Waals surface area contributed by atoms with Crippen molar-refractivity contribution in [2.75, 3.05) is 0 Å². The van der Waals surface area contributed by atoms with Crippen LogP contribution >= 0.6 is 0 Å². The van der Waals surface area contributed by atoms with Gasteiger partial charge in [-0.1, -0.05) is 182 Å². The third-order valence-electron chi connectivity index (χ3n) is 10.1. The van der Waals surface area contributed by atoms with E-state index >= 15 is 0 Å². The van der Waals surface area contributed by atoms with Gasteiger partial charge >= 0.3 is 0 Å². The predicted octanol–water partition coefficient (Wildman–Crippen LogP) is 9.82. The molecule has 0 aromatic heterocycles. The van der Waals surface area contributed by atoms with Crippen molar-refractivity contribution in [3.8, 4) is 11.1 Å². The van der Waals surface area contributed by atoms with Gasteiger partial charge < -0.3 is 10.6 Å². The van der Waals surface area contributed by atoms with Crippen LogP contribution in [0.3, 0.4) is 0 Å². The van der Waals surface area contributed by atoms with Crippen LogP contribution < -0.4 is 21.3 Å². The smallest absolute Gasteiger partial charge is 0.131 e. The van der Waals surface area contributed by atoms with Gasteiger partial charge in [0.05, 0.1) is 6.04 Å². The maximum absolute atomic E-state index is 5.11. The molecule has 4 N–H and O–H groups in total. The number of rotatable bonds is 7. The van der Waals surface area contributed by atoms with Gasteiger partial charge in [-0.05, 0) is 55.8 Å². The van der Waals surface area contributed by atoms with Gasteiger partial charge in [-0.25, -0.2) is 4.99 Å². The summed E-state index contributed by atoms with van der Waals surface area (Å²) >= 11 is 0. The Bertz CT molecular complexity index is 2360. The highest BCUT2D eigenvalue weighted by Gasteiger charge is 2.27. The highest BCUT2D eigenvalue weighted by Crippen LogP contribution is 2.36. The van der Waals surface area contributed by atoms with Crippen LogP contribution in [0, 0.1) is 0 Å². The van der Waals surface area contributed by atoms with Crippen LogP contribution in [0.2, 0.25) is 0 Å². The average Bonchev–Trinajstić information content (AvgIpc) is 3.24. The summed E-state index contributed by atoms with van der Waals surface area (Å²) in [5, 5.41) is 17.5. The van der Waals surface area contributed by atoms with E-state index in [2.05, 4.69) is 197 Å². The van der Waals surface area contributed by atoms with E-state index in [9.17, 15) is 0 Å². The summed E-state index contributed by atoms with van der Waals surface area (Å²) in [5.41, 5.74) is 10.5. The Morgan fingerprint density at radius 1 is 0.404 bits per heavy atom. The lowest BCUT2D eigenvalue weighted by Gasteiger charge is -2.33. The van der Waals surface area contributed by atoms with Gasteiger partial charge in [-0.3, -0.25) is 10.6 Å². The molecule has 0 spiro atoms. The first-order valence-corrected chi connectivity index (χ1v) is 17.9. The maximum Gasteiger partial charge on any atom is 0.131 e. The summed E-state index contributed by atoms with van der Waals surface area (Å²) in [6.07, 6.45) is 1.95. The second-order valence-electron chi connectivity index (χ2n) is 13.3. The van der Waals surface area contributed by atoms with Crippen molar-refractivity contribution in [3.63, 3.8) is 0 Å². The predicted molar refractivity (Wildman–Crippen MR) is 213 cm³/mol. The van der Waals surface area contributed by atoms with Gasteiger partial charge in [0, 0.05) is 11.3 Å². The van der Waals surface area contributed by atoms with Gasteiger partial charge in [-0.2, -0.15) is 0 Å². The van der Waals surface area contributed by atoms with Crippen molar-refractivity contribution < 1.29 is 0 Å². The van der Waals surface area contributed by atoms with Gasteiger partial charge in [0.25, 0.3) is 0 Å². The molecule has 9 rings (SSSR count). The van der Waals surface area contributed by atoms with E-state index in [1.807, 2.05) is 12.1 Å². The minimum absolute atomic E-state index is 0.0153. The lowest BCUT2D eigenvalue weighted by atomic mass is 9.92. The van der Waals surface area contributed by atoms with Crippen LogP contribution in [-0.2, 0) is 0 Å². The van der Waals surface area contributed by atoms with Crippen LogP contribution in [-0.4, -0.2) is 5.84 Å². The fourth-order valence-corrected chi connectivity index (χ4v) is 7.42. The Hall–Kier alpha value is -6.27. The molecule has 2 aliphatic heterocycles. The molecule has 0 bridgehead atoms. The summed E-state index contributed by atoms with van der Waals surface area (Å²) in [4.78, 5) is 5.11. The van der Waals surface area contributed by atoms with Gasteiger partial charge in [0.1, 0.15) is 24.3 Å². The van der Waals surface area contributed by atoms with Crippen molar-refractivity contribution in [3.05, 3.63) is 221 Å². The van der Waals surface area contributed by atoms with Crippen molar-refractivity contribution in [2.24, 2.45) is 4.99 Å². The molecule has 4 atom stereocenters. The number of amidine groups is 1. The van der Waals surface area contributed by atoms with E-state index in [1.165, 1.54) is 38.6 Å². The van der Waals surface area contributed by atoms with E-state index in [0.29, 0.717) is 0 Å². The molecule has 7 aromatic carbocycles. The first-order valence-electron chi connectivity index (χ1n) is 17.9. The number of nitrogens with zero attached hydrogens (tertiary/aromatic N) is 1. The zero-order valence-corrected chi connectivity index (χ0v) is 28.7. The van der Waals surface area contributed by atoms with Crippen LogP contribution in [0.15, 0.2) is 193 Å². The molecule has 0 amide bonds. The molecule has 0 saturated heterocycles. The average molecular weight is 674 g/mol. The molecule has 4 unspecified atom stereocenters. The molecule has 5 heteroatoms. The highest BCUT2D eigenvalue weighted by molar-refractivity contribution is 6.01. The first kappa shape index (κ1) is 31.7. The Labute approximate surface area is 304 Å². The molecule has 2 heterocycles. The number of aliphatic imine (C=N–C) groups is 1. The number of benzene rings is 7. The SMILES string of the molecule is C1=C(c2ccc(-c3ccc(C4NC(c5ccccc5)=NC(c5ccccc5)N4)c4ccccc34)cc2)NC(c2ccccc2)NC1c1ccccc1. The van der Waals surface area contributed by atoms with Gasteiger partial charge in [0.2, 0.25) is 0 Å². The molecule has 0 radical (unpaired) electrons. The van der Waals surface area contributed by atoms with Crippen LogP contribution in [0.25, 0.3) is 27.6 Å². The lowest BCUT2D eigenvalue weighted by molar-refractivity contribution is 0.411. The van der Waals surface area contributed by atoms with Gasteiger partial charge in [-0.15, -0.1) is 0 Å². The quantitative estimate of drug-likeness (QED) is 0.136. The molecule has 0 fully saturated rings. The maximum atomic E-state index is 5.11. The fraction of sp³-hybridized carbons (Fsp3) is 0.0851. The molecule has 52 heavy (non-hydrogen) atoms. The summed E-state index contributed by atoms with van der Waals surface area (Å²) in [7, 11) is 0. The summed E-state index contributed by atoms with van der Waals surface area (Å²) in [6.45, 7) is 0. The standard InChI is InChI=1S/C47H39N5/c1-5-15-33(16-6-1)42-31-43(49-44(48-42)35-17-7-2-8-18-35)34-27-25-32(26-28-34)38-29-30-41(40-24-14-13-23-39(38)40)47-51-45(36-19-9-3-10-20-36)50-46(52-47)37-21-11-4-12-22-37/h1-31,42,44-45,47-49,51H,(H,50,52). The minimum Gasteiger partial charge on any atom is -0.366 e. The summed E-state index contributed by atoms with van der Waals surface area (Å²) in [5.74, 6) is 0.881. The molecular weight excluding hydrogens is 635 g/mol. The third kappa shape index (κ3) is 6.40. The van der Waals surface area contributed by atoms with Crippen LogP contribution in [0.4, 0.5) is 0 Å². The zero-order chi connectivity index (χ0) is 34.7. The number of hydrogen-bond donors (Lipinski definition) is 4. The largest absolute Gasteiger partial charge is 0.366 e. The van der Waals surface area contributed by atoms with E-state index in [-0.39, 0.29) is 24.5 Å². The number of hydrogen-bond acceptors (Lipinski definition) is 5. The van der Waals surface area contributed by atoms with Crippen molar-refractivity contribution in [1.29, 1.82) is 0 Å². The molecule has 0 saturated carbocycles. The Balaban J connectivity index is 1.05. The zero-order valence-electron chi connectivity index (χ0n) is 28.7. The van der Waals surface area contributed by atoms with E-state index in [4.69, 9.17) is 4.99 Å². The number of nitrogens with one attached hydrogen (secondary N) is 4.